The Kier molecular flexibility index (Phi) is 4.41. The normalized spacial score (nSPS) is 12.4. The van der Waals surface area contributed by atoms with Gasteiger partial charge in [-0.25, -0.2) is 0 Å². The molecule has 1 aromatic carbocycles. The number of furan rings is 2. The maximum absolute atomic E-state index is 5.82. The Morgan fingerprint density at radius 3 is 2.54 bits per heavy atom. The summed E-state index contributed by atoms with van der Waals surface area (Å²) in [6.45, 7) is 4.33. The number of rotatable bonds is 6. The number of hydrogen-bond acceptors (Lipinski definition) is 5. The average Bonchev–Trinajstić information content (AvgIpc) is 3.38. The Morgan fingerprint density at radius 2 is 1.85 bits per heavy atom. The molecule has 0 aliphatic rings. The number of nitrogens with zero attached hydrogens (tertiary/aromatic N) is 2. The third-order valence-electron chi connectivity index (χ3n) is 4.27. The first-order valence-electron chi connectivity index (χ1n) is 8.52. The zero-order chi connectivity index (χ0) is 17.9. The molecule has 0 unspecified atom stereocenters. The van der Waals surface area contributed by atoms with Gasteiger partial charge in [0, 0.05) is 5.56 Å². The molecule has 3 heterocycles. The second kappa shape index (κ2) is 7.01. The fourth-order valence-electron chi connectivity index (χ4n) is 3.05. The molecule has 4 aromatic rings. The first-order valence-corrected chi connectivity index (χ1v) is 8.52. The standard InChI is InChI=1S/C20H19N3O3/c1-13-11-16(14(2)25-13)20-23-22-18(26-20)12-21-19(17-9-6-10-24-17)15-7-4-3-5-8-15/h3-11,19,21H,12H2,1-2H3/p+1/t19-/m0/s1. The lowest BCUT2D eigenvalue weighted by Gasteiger charge is -2.12. The zero-order valence-corrected chi connectivity index (χ0v) is 14.7. The highest BCUT2D eigenvalue weighted by Gasteiger charge is 2.22. The monoisotopic (exact) mass is 350 g/mol. The molecule has 3 aromatic heterocycles. The summed E-state index contributed by atoms with van der Waals surface area (Å²) in [5.41, 5.74) is 2.00. The van der Waals surface area contributed by atoms with Crippen molar-refractivity contribution in [3.8, 4) is 11.5 Å². The molecule has 132 valence electrons. The van der Waals surface area contributed by atoms with Crippen molar-refractivity contribution in [3.05, 3.63) is 83.5 Å². The Bertz CT molecular complexity index is 971. The van der Waals surface area contributed by atoms with Gasteiger partial charge in [-0.2, -0.15) is 0 Å². The third kappa shape index (κ3) is 3.32. The first kappa shape index (κ1) is 16.4. The summed E-state index contributed by atoms with van der Waals surface area (Å²) in [6.07, 6.45) is 1.69. The van der Waals surface area contributed by atoms with Crippen LogP contribution in [-0.2, 0) is 6.54 Å². The van der Waals surface area contributed by atoms with E-state index in [1.165, 1.54) is 0 Å². The zero-order valence-electron chi connectivity index (χ0n) is 14.7. The number of aryl methyl sites for hydroxylation is 2. The number of hydrogen-bond donors (Lipinski definition) is 1. The van der Waals surface area contributed by atoms with Gasteiger partial charge in [0.2, 0.25) is 0 Å². The SMILES string of the molecule is Cc1cc(-c2nnc(C[NH2+][C@@H](c3ccccc3)c3ccco3)o2)c(C)o1. The number of nitrogens with two attached hydrogens (primary N) is 1. The highest BCUT2D eigenvalue weighted by atomic mass is 16.4. The van der Waals surface area contributed by atoms with Gasteiger partial charge in [-0.3, -0.25) is 0 Å². The minimum atomic E-state index is 0.0273. The van der Waals surface area contributed by atoms with Crippen molar-refractivity contribution < 1.29 is 18.6 Å². The molecule has 0 amide bonds. The van der Waals surface area contributed by atoms with E-state index in [2.05, 4.69) is 27.6 Å². The second-order valence-corrected chi connectivity index (χ2v) is 6.17. The smallest absolute Gasteiger partial charge is 0.271 e. The van der Waals surface area contributed by atoms with E-state index < -0.39 is 0 Å². The lowest BCUT2D eigenvalue weighted by Crippen LogP contribution is -2.84. The molecule has 0 aliphatic carbocycles. The second-order valence-electron chi connectivity index (χ2n) is 6.17. The molecule has 1 atom stereocenters. The predicted molar refractivity (Wildman–Crippen MR) is 94.1 cm³/mol. The molecular formula is C20H20N3O3+. The highest BCUT2D eigenvalue weighted by Crippen LogP contribution is 2.25. The van der Waals surface area contributed by atoms with Gasteiger partial charge in [0.15, 0.2) is 18.3 Å². The average molecular weight is 350 g/mol. The predicted octanol–water partition coefficient (Wildman–Crippen LogP) is 3.39. The number of benzene rings is 1. The lowest BCUT2D eigenvalue weighted by atomic mass is 10.0. The molecule has 0 radical (unpaired) electrons. The Hall–Kier alpha value is -3.12. The van der Waals surface area contributed by atoms with Crippen LogP contribution in [0.25, 0.3) is 11.5 Å². The topological polar surface area (TPSA) is 81.8 Å². The van der Waals surface area contributed by atoms with Gasteiger partial charge in [0.25, 0.3) is 11.8 Å². The van der Waals surface area contributed by atoms with Crippen LogP contribution < -0.4 is 5.32 Å². The van der Waals surface area contributed by atoms with E-state index in [1.54, 1.807) is 6.26 Å². The van der Waals surface area contributed by atoms with Crippen molar-refractivity contribution in [1.29, 1.82) is 0 Å². The Balaban J connectivity index is 1.53. The summed E-state index contributed by atoms with van der Waals surface area (Å²) in [4.78, 5) is 0. The van der Waals surface area contributed by atoms with Crippen molar-refractivity contribution in [2.24, 2.45) is 0 Å². The molecule has 0 bridgehead atoms. The van der Waals surface area contributed by atoms with Crippen LogP contribution in [0.15, 0.2) is 68.0 Å². The van der Waals surface area contributed by atoms with Gasteiger partial charge in [-0.1, -0.05) is 30.3 Å². The van der Waals surface area contributed by atoms with E-state index in [9.17, 15) is 0 Å². The number of aromatic nitrogens is 2. The van der Waals surface area contributed by atoms with Crippen LogP contribution >= 0.6 is 0 Å². The fourth-order valence-corrected chi connectivity index (χ4v) is 3.05. The molecule has 0 saturated heterocycles. The van der Waals surface area contributed by atoms with Gasteiger partial charge in [0.1, 0.15) is 11.5 Å². The first-order chi connectivity index (χ1) is 12.7. The van der Waals surface area contributed by atoms with E-state index in [1.807, 2.05) is 50.2 Å². The van der Waals surface area contributed by atoms with Crippen LogP contribution in [0.2, 0.25) is 0 Å². The molecule has 2 N–H and O–H groups in total. The van der Waals surface area contributed by atoms with Gasteiger partial charge in [0.05, 0.1) is 11.8 Å². The van der Waals surface area contributed by atoms with E-state index >= 15 is 0 Å². The van der Waals surface area contributed by atoms with Crippen molar-refractivity contribution in [2.75, 3.05) is 0 Å². The van der Waals surface area contributed by atoms with Gasteiger partial charge in [-0.15, -0.1) is 10.2 Å². The molecule has 0 fully saturated rings. The maximum atomic E-state index is 5.82. The molecule has 26 heavy (non-hydrogen) atoms. The third-order valence-corrected chi connectivity index (χ3v) is 4.27. The van der Waals surface area contributed by atoms with Crippen LogP contribution in [0.5, 0.6) is 0 Å². The van der Waals surface area contributed by atoms with Crippen LogP contribution in [0.1, 0.15) is 34.8 Å². The molecule has 6 nitrogen and oxygen atoms in total. The van der Waals surface area contributed by atoms with Crippen LogP contribution in [0.4, 0.5) is 0 Å². The summed E-state index contributed by atoms with van der Waals surface area (Å²) >= 11 is 0. The quantitative estimate of drug-likeness (QED) is 0.576. The van der Waals surface area contributed by atoms with Crippen molar-refractivity contribution in [1.82, 2.24) is 10.2 Å². The Labute approximate surface area is 150 Å². The van der Waals surface area contributed by atoms with Crippen LogP contribution in [0.3, 0.4) is 0 Å². The van der Waals surface area contributed by atoms with Crippen molar-refractivity contribution >= 4 is 0 Å². The van der Waals surface area contributed by atoms with Crippen molar-refractivity contribution in [2.45, 2.75) is 26.4 Å². The maximum Gasteiger partial charge on any atom is 0.271 e. The van der Waals surface area contributed by atoms with E-state index in [-0.39, 0.29) is 6.04 Å². The summed E-state index contributed by atoms with van der Waals surface area (Å²) in [6, 6.07) is 16.0. The summed E-state index contributed by atoms with van der Waals surface area (Å²) in [5.74, 6) is 3.53. The molecule has 4 rings (SSSR count). The van der Waals surface area contributed by atoms with E-state index in [0.29, 0.717) is 18.3 Å². The summed E-state index contributed by atoms with van der Waals surface area (Å²) in [7, 11) is 0. The molecule has 6 heteroatoms. The Morgan fingerprint density at radius 1 is 1.00 bits per heavy atom. The molecule has 0 spiro atoms. The van der Waals surface area contributed by atoms with Crippen LogP contribution in [0, 0.1) is 13.8 Å². The largest absolute Gasteiger partial charge is 0.466 e. The van der Waals surface area contributed by atoms with E-state index in [0.717, 1.165) is 28.4 Å². The molecule has 0 aliphatic heterocycles. The lowest BCUT2D eigenvalue weighted by molar-refractivity contribution is -0.706. The summed E-state index contributed by atoms with van der Waals surface area (Å²) in [5, 5.41) is 10.4. The number of quaternary nitrogens is 1. The van der Waals surface area contributed by atoms with Gasteiger partial charge in [-0.05, 0) is 32.0 Å². The minimum Gasteiger partial charge on any atom is -0.466 e. The molecular weight excluding hydrogens is 330 g/mol. The minimum absolute atomic E-state index is 0.0273. The molecule has 0 saturated carbocycles. The van der Waals surface area contributed by atoms with Gasteiger partial charge < -0.3 is 18.6 Å². The van der Waals surface area contributed by atoms with Crippen LogP contribution in [-0.4, -0.2) is 10.2 Å². The van der Waals surface area contributed by atoms with Crippen molar-refractivity contribution in [3.63, 3.8) is 0 Å². The fraction of sp³-hybridized carbons (Fsp3) is 0.200. The van der Waals surface area contributed by atoms with Gasteiger partial charge >= 0.3 is 0 Å². The summed E-state index contributed by atoms with van der Waals surface area (Å²) < 4.78 is 17.0. The highest BCUT2D eigenvalue weighted by molar-refractivity contribution is 5.55. The van der Waals surface area contributed by atoms with E-state index in [4.69, 9.17) is 13.3 Å².